The minimum Gasteiger partial charge on any atom is -0.484 e. The Morgan fingerprint density at radius 3 is 2.61 bits per heavy atom. The number of likely N-dealkylation sites (tertiary alicyclic amines) is 1. The van der Waals surface area contributed by atoms with Crippen LogP contribution in [0.5, 0.6) is 5.75 Å². The molecule has 2 heterocycles. The summed E-state index contributed by atoms with van der Waals surface area (Å²) in [7, 11) is -3.35. The van der Waals surface area contributed by atoms with Gasteiger partial charge in [-0.1, -0.05) is 18.2 Å². The minimum absolute atomic E-state index is 0.0383. The number of para-hydroxylation sites is 1. The van der Waals surface area contributed by atoms with Gasteiger partial charge in [-0.3, -0.25) is 9.69 Å². The van der Waals surface area contributed by atoms with Crippen LogP contribution in [-0.2, 0) is 19.6 Å². The number of hydrogen-bond donors (Lipinski definition) is 0. The predicted molar refractivity (Wildman–Crippen MR) is 106 cm³/mol. The Kier molecular flexibility index (Phi) is 7.28. The summed E-state index contributed by atoms with van der Waals surface area (Å²) in [6, 6.07) is 9.01. The molecule has 1 unspecified atom stereocenters. The summed E-state index contributed by atoms with van der Waals surface area (Å²) in [5, 5.41) is 0. The molecule has 1 amide bonds. The van der Waals surface area contributed by atoms with Crippen LogP contribution in [0.15, 0.2) is 30.3 Å². The quantitative estimate of drug-likeness (QED) is 0.611. The maximum atomic E-state index is 12.5. The molecule has 9 heteroatoms. The molecule has 28 heavy (non-hydrogen) atoms. The van der Waals surface area contributed by atoms with Gasteiger partial charge in [-0.05, 0) is 18.6 Å². The van der Waals surface area contributed by atoms with E-state index >= 15 is 0 Å². The first kappa shape index (κ1) is 21.0. The summed E-state index contributed by atoms with van der Waals surface area (Å²) in [5.74, 6) is 0.530. The molecule has 0 aromatic heterocycles. The summed E-state index contributed by atoms with van der Waals surface area (Å²) >= 11 is 0. The van der Waals surface area contributed by atoms with Gasteiger partial charge in [-0.2, -0.15) is 4.31 Å². The third-order valence-electron chi connectivity index (χ3n) is 5.20. The molecule has 0 saturated carbocycles. The Bertz CT molecular complexity index is 737. The molecule has 2 saturated heterocycles. The third-order valence-corrected chi connectivity index (χ3v) is 6.53. The molecule has 2 aliphatic rings. The first-order valence-corrected chi connectivity index (χ1v) is 11.5. The monoisotopic (exact) mass is 411 g/mol. The van der Waals surface area contributed by atoms with Crippen LogP contribution in [-0.4, -0.2) is 99.8 Å². The lowest BCUT2D eigenvalue weighted by molar-refractivity contribution is -0.132. The van der Waals surface area contributed by atoms with E-state index in [1.807, 2.05) is 18.2 Å². The van der Waals surface area contributed by atoms with Gasteiger partial charge in [0, 0.05) is 45.3 Å². The van der Waals surface area contributed by atoms with E-state index in [0.717, 1.165) is 13.1 Å². The SMILES string of the molecule is CS(=O)(=O)N(CCN1CCOCC1)C1CCN(C(=O)COc2ccccc2)C1. The number of morpholine rings is 1. The molecule has 0 radical (unpaired) electrons. The van der Waals surface area contributed by atoms with Crippen molar-refractivity contribution in [3.63, 3.8) is 0 Å². The zero-order valence-corrected chi connectivity index (χ0v) is 17.1. The Balaban J connectivity index is 1.52. The minimum atomic E-state index is -3.35. The fourth-order valence-corrected chi connectivity index (χ4v) is 4.77. The number of amides is 1. The zero-order chi connectivity index (χ0) is 20.0. The van der Waals surface area contributed by atoms with Crippen molar-refractivity contribution in [2.45, 2.75) is 12.5 Å². The molecule has 1 atom stereocenters. The highest BCUT2D eigenvalue weighted by atomic mass is 32.2. The van der Waals surface area contributed by atoms with Crippen molar-refractivity contribution in [3.8, 4) is 5.75 Å². The molecule has 2 aliphatic heterocycles. The molecule has 0 bridgehead atoms. The van der Waals surface area contributed by atoms with Gasteiger partial charge >= 0.3 is 0 Å². The molecular formula is C19H29N3O5S. The summed E-state index contributed by atoms with van der Waals surface area (Å²) < 4.78 is 37.1. The van der Waals surface area contributed by atoms with Crippen LogP contribution < -0.4 is 4.74 Å². The second kappa shape index (κ2) is 9.69. The first-order chi connectivity index (χ1) is 13.4. The fraction of sp³-hybridized carbons (Fsp3) is 0.632. The topological polar surface area (TPSA) is 79.4 Å². The number of carbonyl (C=O) groups is 1. The molecule has 2 fully saturated rings. The molecule has 0 spiro atoms. The smallest absolute Gasteiger partial charge is 0.260 e. The van der Waals surface area contributed by atoms with Crippen molar-refractivity contribution in [2.75, 3.05) is 65.3 Å². The maximum absolute atomic E-state index is 12.5. The summed E-state index contributed by atoms with van der Waals surface area (Å²) in [4.78, 5) is 16.4. The summed E-state index contributed by atoms with van der Waals surface area (Å²) in [5.41, 5.74) is 0. The number of rotatable bonds is 8. The number of sulfonamides is 1. The van der Waals surface area contributed by atoms with Crippen LogP contribution >= 0.6 is 0 Å². The van der Waals surface area contributed by atoms with Crippen LogP contribution in [0.4, 0.5) is 0 Å². The van der Waals surface area contributed by atoms with Crippen LogP contribution in [0, 0.1) is 0 Å². The van der Waals surface area contributed by atoms with E-state index in [0.29, 0.717) is 51.6 Å². The Morgan fingerprint density at radius 1 is 1.21 bits per heavy atom. The van der Waals surface area contributed by atoms with Gasteiger partial charge in [-0.25, -0.2) is 8.42 Å². The average Bonchev–Trinajstić information content (AvgIpc) is 3.16. The summed E-state index contributed by atoms with van der Waals surface area (Å²) in [6.07, 6.45) is 1.89. The molecule has 156 valence electrons. The van der Waals surface area contributed by atoms with Crippen molar-refractivity contribution in [1.82, 2.24) is 14.1 Å². The number of hydrogen-bond acceptors (Lipinski definition) is 6. The predicted octanol–water partition coefficient (Wildman–Crippen LogP) is 0.260. The molecule has 0 aliphatic carbocycles. The second-order valence-electron chi connectivity index (χ2n) is 7.21. The fourth-order valence-electron chi connectivity index (χ4n) is 3.64. The standard InChI is InChI=1S/C19H29N3O5S/c1-28(24,25)22(10-9-20-11-13-26-14-12-20)17-7-8-21(15-17)19(23)16-27-18-5-3-2-4-6-18/h2-6,17H,7-16H2,1H3. The highest BCUT2D eigenvalue weighted by molar-refractivity contribution is 7.88. The molecule has 1 aromatic carbocycles. The normalized spacial score (nSPS) is 21.2. The van der Waals surface area contributed by atoms with Crippen molar-refractivity contribution >= 4 is 15.9 Å². The van der Waals surface area contributed by atoms with E-state index in [4.69, 9.17) is 9.47 Å². The second-order valence-corrected chi connectivity index (χ2v) is 9.15. The van der Waals surface area contributed by atoms with E-state index in [-0.39, 0.29) is 18.6 Å². The third kappa shape index (κ3) is 5.91. The molecular weight excluding hydrogens is 382 g/mol. The van der Waals surface area contributed by atoms with Crippen LogP contribution in [0.1, 0.15) is 6.42 Å². The molecule has 3 rings (SSSR count). The van der Waals surface area contributed by atoms with Gasteiger partial charge in [0.05, 0.1) is 19.5 Å². The van der Waals surface area contributed by atoms with Crippen molar-refractivity contribution in [2.24, 2.45) is 0 Å². The van der Waals surface area contributed by atoms with Crippen molar-refractivity contribution in [1.29, 1.82) is 0 Å². The first-order valence-electron chi connectivity index (χ1n) is 9.66. The van der Waals surface area contributed by atoms with Gasteiger partial charge in [0.1, 0.15) is 5.75 Å². The Morgan fingerprint density at radius 2 is 1.93 bits per heavy atom. The van der Waals surface area contributed by atoms with Gasteiger partial charge in [0.2, 0.25) is 10.0 Å². The highest BCUT2D eigenvalue weighted by Gasteiger charge is 2.34. The van der Waals surface area contributed by atoms with E-state index < -0.39 is 10.0 Å². The van der Waals surface area contributed by atoms with Crippen LogP contribution in [0.3, 0.4) is 0 Å². The van der Waals surface area contributed by atoms with Gasteiger partial charge in [0.25, 0.3) is 5.91 Å². The Hall–Kier alpha value is -1.68. The summed E-state index contributed by atoms with van der Waals surface area (Å²) in [6.45, 7) is 5.05. The Labute approximate surface area is 167 Å². The largest absolute Gasteiger partial charge is 0.484 e. The van der Waals surface area contributed by atoms with E-state index in [1.165, 1.54) is 6.26 Å². The number of benzene rings is 1. The van der Waals surface area contributed by atoms with Gasteiger partial charge < -0.3 is 14.4 Å². The van der Waals surface area contributed by atoms with E-state index in [9.17, 15) is 13.2 Å². The highest BCUT2D eigenvalue weighted by Crippen LogP contribution is 2.19. The lowest BCUT2D eigenvalue weighted by Crippen LogP contribution is -2.47. The van der Waals surface area contributed by atoms with Gasteiger partial charge in [-0.15, -0.1) is 0 Å². The van der Waals surface area contributed by atoms with Crippen molar-refractivity contribution < 1.29 is 22.7 Å². The van der Waals surface area contributed by atoms with Crippen LogP contribution in [0.25, 0.3) is 0 Å². The van der Waals surface area contributed by atoms with Crippen molar-refractivity contribution in [3.05, 3.63) is 30.3 Å². The number of carbonyl (C=O) groups excluding carboxylic acids is 1. The lowest BCUT2D eigenvalue weighted by atomic mass is 10.2. The molecule has 8 nitrogen and oxygen atoms in total. The molecule has 1 aromatic rings. The van der Waals surface area contributed by atoms with Gasteiger partial charge in [0.15, 0.2) is 6.61 Å². The number of ether oxygens (including phenoxy) is 2. The average molecular weight is 412 g/mol. The van der Waals surface area contributed by atoms with E-state index in [1.54, 1.807) is 21.3 Å². The lowest BCUT2D eigenvalue weighted by Gasteiger charge is -2.31. The number of nitrogens with zero attached hydrogens (tertiary/aromatic N) is 3. The molecule has 0 N–H and O–H groups in total. The zero-order valence-electron chi connectivity index (χ0n) is 16.3. The van der Waals surface area contributed by atoms with E-state index in [2.05, 4.69) is 4.90 Å². The maximum Gasteiger partial charge on any atom is 0.260 e. The van der Waals surface area contributed by atoms with Crippen LogP contribution in [0.2, 0.25) is 0 Å².